The van der Waals surface area contributed by atoms with Crippen molar-refractivity contribution < 1.29 is 9.59 Å². The van der Waals surface area contributed by atoms with Gasteiger partial charge < -0.3 is 16.0 Å². The van der Waals surface area contributed by atoms with Crippen LogP contribution in [0.25, 0.3) is 0 Å². The van der Waals surface area contributed by atoms with Crippen molar-refractivity contribution in [2.75, 3.05) is 20.1 Å². The van der Waals surface area contributed by atoms with E-state index < -0.39 is 6.04 Å². The molecular formula is C15H29Cl2N5O2. The summed E-state index contributed by atoms with van der Waals surface area (Å²) in [5, 5.41) is 6.92. The summed E-state index contributed by atoms with van der Waals surface area (Å²) >= 11 is 0. The number of halogens is 2. The first-order valence-corrected chi connectivity index (χ1v) is 7.58. The van der Waals surface area contributed by atoms with E-state index in [1.165, 1.54) is 4.90 Å². The van der Waals surface area contributed by atoms with Crippen molar-refractivity contribution in [3.05, 3.63) is 18.5 Å². The number of amides is 2. The van der Waals surface area contributed by atoms with E-state index in [0.717, 1.165) is 6.42 Å². The Labute approximate surface area is 156 Å². The molecule has 2 amide bonds. The van der Waals surface area contributed by atoms with Gasteiger partial charge in [0, 0.05) is 32.0 Å². The third-order valence-electron chi connectivity index (χ3n) is 3.44. The number of hydrogen-bond donors (Lipinski definition) is 2. The number of carbonyl (C=O) groups is 2. The van der Waals surface area contributed by atoms with Gasteiger partial charge in [-0.3, -0.25) is 14.3 Å². The lowest BCUT2D eigenvalue weighted by Crippen LogP contribution is -2.47. The smallest absolute Gasteiger partial charge is 0.247 e. The lowest BCUT2D eigenvalue weighted by Gasteiger charge is -2.23. The number of likely N-dealkylation sites (N-methyl/N-ethyl adjacent to an activating group) is 1. The van der Waals surface area contributed by atoms with Crippen LogP contribution in [-0.2, 0) is 9.59 Å². The Kier molecular flexibility index (Phi) is 12.6. The molecule has 0 aliphatic rings. The molecule has 140 valence electrons. The Balaban J connectivity index is 0. The summed E-state index contributed by atoms with van der Waals surface area (Å²) in [4.78, 5) is 25.7. The minimum Gasteiger partial charge on any atom is -0.351 e. The van der Waals surface area contributed by atoms with E-state index in [0.29, 0.717) is 12.5 Å². The molecule has 24 heavy (non-hydrogen) atoms. The van der Waals surface area contributed by atoms with Gasteiger partial charge in [0.15, 0.2) is 0 Å². The van der Waals surface area contributed by atoms with Crippen LogP contribution in [0.5, 0.6) is 0 Å². The normalized spacial score (nSPS) is 12.6. The predicted molar refractivity (Wildman–Crippen MR) is 99.5 cm³/mol. The van der Waals surface area contributed by atoms with Crippen LogP contribution >= 0.6 is 24.8 Å². The topological polar surface area (TPSA) is 93.3 Å². The SMILES string of the molecule is CC(C)CC(CN)NC(=O)CN(C)C(=O)C(C)n1cccn1.Cl.Cl. The van der Waals surface area contributed by atoms with Crippen molar-refractivity contribution in [2.24, 2.45) is 11.7 Å². The molecule has 0 saturated heterocycles. The molecule has 1 aromatic heterocycles. The first-order valence-electron chi connectivity index (χ1n) is 7.58. The van der Waals surface area contributed by atoms with Gasteiger partial charge in [-0.1, -0.05) is 13.8 Å². The number of hydrogen-bond acceptors (Lipinski definition) is 4. The van der Waals surface area contributed by atoms with Gasteiger partial charge in [-0.15, -0.1) is 24.8 Å². The Bertz CT molecular complexity index is 482. The van der Waals surface area contributed by atoms with E-state index in [2.05, 4.69) is 24.3 Å². The molecule has 0 spiro atoms. The average Bonchev–Trinajstić information content (AvgIpc) is 2.98. The molecule has 0 radical (unpaired) electrons. The number of aromatic nitrogens is 2. The van der Waals surface area contributed by atoms with Crippen molar-refractivity contribution in [1.82, 2.24) is 20.0 Å². The van der Waals surface area contributed by atoms with Gasteiger partial charge in [-0.25, -0.2) is 0 Å². The van der Waals surface area contributed by atoms with Crippen molar-refractivity contribution in [3.63, 3.8) is 0 Å². The Hall–Kier alpha value is -1.31. The maximum absolute atomic E-state index is 12.3. The zero-order valence-corrected chi connectivity index (χ0v) is 16.3. The summed E-state index contributed by atoms with van der Waals surface area (Å²) in [6, 6.07) is 1.27. The highest BCUT2D eigenvalue weighted by Crippen LogP contribution is 2.07. The van der Waals surface area contributed by atoms with E-state index >= 15 is 0 Å². The zero-order valence-electron chi connectivity index (χ0n) is 14.6. The molecule has 3 N–H and O–H groups in total. The highest BCUT2D eigenvalue weighted by Gasteiger charge is 2.22. The lowest BCUT2D eigenvalue weighted by molar-refractivity contribution is -0.137. The second-order valence-electron chi connectivity index (χ2n) is 5.99. The molecule has 7 nitrogen and oxygen atoms in total. The highest BCUT2D eigenvalue weighted by molar-refractivity contribution is 5.86. The fraction of sp³-hybridized carbons (Fsp3) is 0.667. The Morgan fingerprint density at radius 2 is 1.92 bits per heavy atom. The predicted octanol–water partition coefficient (Wildman–Crippen LogP) is 1.24. The van der Waals surface area contributed by atoms with Gasteiger partial charge >= 0.3 is 0 Å². The van der Waals surface area contributed by atoms with Gasteiger partial charge in [-0.2, -0.15) is 5.10 Å². The summed E-state index contributed by atoms with van der Waals surface area (Å²) in [5.41, 5.74) is 5.67. The van der Waals surface area contributed by atoms with Crippen LogP contribution in [-0.4, -0.2) is 52.7 Å². The van der Waals surface area contributed by atoms with Gasteiger partial charge in [-0.05, 0) is 25.3 Å². The molecule has 0 aliphatic carbocycles. The molecule has 1 rings (SSSR count). The van der Waals surface area contributed by atoms with Crippen molar-refractivity contribution >= 4 is 36.6 Å². The van der Waals surface area contributed by atoms with Crippen molar-refractivity contribution in [1.29, 1.82) is 0 Å². The summed E-state index contributed by atoms with van der Waals surface area (Å²) in [7, 11) is 1.61. The number of nitrogens with two attached hydrogens (primary N) is 1. The van der Waals surface area contributed by atoms with Crippen LogP contribution in [0.1, 0.15) is 33.2 Å². The van der Waals surface area contributed by atoms with Gasteiger partial charge in [0.25, 0.3) is 0 Å². The molecule has 2 unspecified atom stereocenters. The standard InChI is InChI=1S/C15H27N5O2.2ClH/c1-11(2)8-13(9-16)18-14(21)10-19(4)15(22)12(3)20-7-5-6-17-20;;/h5-7,11-13H,8-10,16H2,1-4H3,(H,18,21);2*1H. The molecule has 2 atom stereocenters. The van der Waals surface area contributed by atoms with Gasteiger partial charge in [0.1, 0.15) is 6.04 Å². The van der Waals surface area contributed by atoms with Crippen LogP contribution in [0.3, 0.4) is 0 Å². The van der Waals surface area contributed by atoms with Crippen LogP contribution < -0.4 is 11.1 Å². The molecule has 1 heterocycles. The Morgan fingerprint density at radius 3 is 2.38 bits per heavy atom. The number of carbonyl (C=O) groups excluding carboxylic acids is 2. The third-order valence-corrected chi connectivity index (χ3v) is 3.44. The molecule has 0 bridgehead atoms. The molecule has 9 heteroatoms. The van der Waals surface area contributed by atoms with Crippen molar-refractivity contribution in [3.8, 4) is 0 Å². The monoisotopic (exact) mass is 381 g/mol. The number of rotatable bonds is 8. The van der Waals surface area contributed by atoms with E-state index in [4.69, 9.17) is 5.73 Å². The molecule has 0 fully saturated rings. The summed E-state index contributed by atoms with van der Waals surface area (Å²) < 4.78 is 1.57. The lowest BCUT2D eigenvalue weighted by atomic mass is 10.0. The molecule has 1 aromatic rings. The fourth-order valence-electron chi connectivity index (χ4n) is 2.29. The molecular weight excluding hydrogens is 353 g/mol. The van der Waals surface area contributed by atoms with Crippen LogP contribution in [0.2, 0.25) is 0 Å². The van der Waals surface area contributed by atoms with Crippen LogP contribution in [0, 0.1) is 5.92 Å². The minimum absolute atomic E-state index is 0. The number of nitrogens with one attached hydrogen (secondary N) is 1. The molecule has 0 aromatic carbocycles. The quantitative estimate of drug-likeness (QED) is 0.707. The second kappa shape index (κ2) is 12.1. The average molecular weight is 382 g/mol. The fourth-order valence-corrected chi connectivity index (χ4v) is 2.29. The minimum atomic E-state index is -0.436. The summed E-state index contributed by atoms with van der Waals surface area (Å²) in [6.07, 6.45) is 4.17. The first kappa shape index (κ1) is 24.9. The second-order valence-corrected chi connectivity index (χ2v) is 5.99. The first-order chi connectivity index (χ1) is 10.3. The van der Waals surface area contributed by atoms with Gasteiger partial charge in [0.05, 0.1) is 6.54 Å². The summed E-state index contributed by atoms with van der Waals surface area (Å²) in [5.74, 6) is 0.0969. The van der Waals surface area contributed by atoms with Crippen molar-refractivity contribution in [2.45, 2.75) is 39.3 Å². The maximum Gasteiger partial charge on any atom is 0.247 e. The third kappa shape index (κ3) is 7.99. The maximum atomic E-state index is 12.3. The van der Waals surface area contributed by atoms with Gasteiger partial charge in [0.2, 0.25) is 11.8 Å². The van der Waals surface area contributed by atoms with Crippen LogP contribution in [0.15, 0.2) is 18.5 Å². The summed E-state index contributed by atoms with van der Waals surface area (Å²) in [6.45, 7) is 6.32. The van der Waals surface area contributed by atoms with E-state index in [-0.39, 0.29) is 49.2 Å². The van der Waals surface area contributed by atoms with E-state index in [1.54, 1.807) is 37.1 Å². The largest absolute Gasteiger partial charge is 0.351 e. The molecule has 0 saturated carbocycles. The van der Waals surface area contributed by atoms with Crippen LogP contribution in [0.4, 0.5) is 0 Å². The number of nitrogens with zero attached hydrogens (tertiary/aromatic N) is 3. The highest BCUT2D eigenvalue weighted by atomic mass is 35.5. The van der Waals surface area contributed by atoms with E-state index in [9.17, 15) is 9.59 Å². The zero-order chi connectivity index (χ0) is 16.7. The molecule has 0 aliphatic heterocycles. The Morgan fingerprint density at radius 1 is 1.29 bits per heavy atom. The van der Waals surface area contributed by atoms with E-state index in [1.807, 2.05) is 0 Å².